The number of urea groups is 1. The molecule has 3 saturated heterocycles. The predicted octanol–water partition coefficient (Wildman–Crippen LogP) is 6.40. The number of carbonyl (C=O) groups excluding carboxylic acids is 3. The molecule has 4 amide bonds. The van der Waals surface area contributed by atoms with E-state index in [4.69, 9.17) is 10.00 Å². The number of nitriles is 1. The third kappa shape index (κ3) is 9.26. The Hall–Kier alpha value is -5.54. The number of hydrogen-bond donors (Lipinski definition) is 2. The van der Waals surface area contributed by atoms with Crippen molar-refractivity contribution in [2.24, 2.45) is 5.92 Å². The van der Waals surface area contributed by atoms with Crippen molar-refractivity contribution in [2.45, 2.75) is 82.2 Å². The van der Waals surface area contributed by atoms with Crippen molar-refractivity contribution >= 4 is 52.7 Å². The van der Waals surface area contributed by atoms with Gasteiger partial charge in [-0.3, -0.25) is 24.5 Å². The average Bonchev–Trinajstić information content (AvgIpc) is 3.66. The number of alkyl halides is 3. The lowest BCUT2D eigenvalue weighted by molar-refractivity contribution is -0.138. The van der Waals surface area contributed by atoms with Crippen molar-refractivity contribution < 1.29 is 36.7 Å². The predicted molar refractivity (Wildman–Crippen MR) is 214 cm³/mol. The summed E-state index contributed by atoms with van der Waals surface area (Å²) in [7, 11) is 0. The molecule has 0 bridgehead atoms. The number of fused-ring (bicyclic) bond motifs is 1. The number of carbonyl (C=O) groups is 3. The topological polar surface area (TPSA) is 162 Å². The zero-order valence-electron chi connectivity index (χ0n) is 32.7. The molecule has 60 heavy (non-hydrogen) atoms. The zero-order valence-corrected chi connectivity index (χ0v) is 33.5. The highest BCUT2D eigenvalue weighted by Crippen LogP contribution is 2.37. The summed E-state index contributed by atoms with van der Waals surface area (Å²) in [5, 5.41) is 19.5. The van der Waals surface area contributed by atoms with E-state index < -0.39 is 29.2 Å². The molecular formula is C41H45ClF4N10O4. The molecule has 14 nitrogen and oxygen atoms in total. The molecule has 19 heteroatoms. The van der Waals surface area contributed by atoms with Gasteiger partial charge >= 0.3 is 12.2 Å². The molecule has 2 aromatic carbocycles. The van der Waals surface area contributed by atoms with E-state index in [2.05, 4.69) is 35.5 Å². The highest BCUT2D eigenvalue weighted by atomic mass is 35.5. The van der Waals surface area contributed by atoms with Gasteiger partial charge in [0.25, 0.3) is 5.91 Å². The fraction of sp³-hybridized carbons (Fsp3) is 0.488. The number of rotatable bonds is 9. The number of piperidine rings is 2. The third-order valence-electron chi connectivity index (χ3n) is 12.0. The fourth-order valence-electron chi connectivity index (χ4n) is 8.79. The van der Waals surface area contributed by atoms with Gasteiger partial charge in [0.15, 0.2) is 0 Å². The maximum absolute atomic E-state index is 15.0. The Balaban J connectivity index is 0.00000544. The van der Waals surface area contributed by atoms with Crippen LogP contribution in [0, 0.1) is 23.1 Å². The van der Waals surface area contributed by atoms with Crippen LogP contribution in [-0.4, -0.2) is 93.9 Å². The lowest BCUT2D eigenvalue weighted by Crippen LogP contribution is -2.50. The Morgan fingerprint density at radius 2 is 1.68 bits per heavy atom. The van der Waals surface area contributed by atoms with E-state index >= 15 is 4.39 Å². The molecule has 1 aliphatic carbocycles. The molecule has 4 aromatic rings. The van der Waals surface area contributed by atoms with E-state index in [0.717, 1.165) is 81.9 Å². The summed E-state index contributed by atoms with van der Waals surface area (Å²) in [5.74, 6) is 0.0750. The molecule has 0 spiro atoms. The van der Waals surface area contributed by atoms with Gasteiger partial charge in [-0.25, -0.2) is 19.2 Å². The van der Waals surface area contributed by atoms with E-state index in [1.807, 2.05) is 4.68 Å². The van der Waals surface area contributed by atoms with Gasteiger partial charge in [-0.1, -0.05) is 0 Å². The van der Waals surface area contributed by atoms with E-state index in [9.17, 15) is 27.6 Å². The van der Waals surface area contributed by atoms with Crippen LogP contribution in [0.15, 0.2) is 48.9 Å². The van der Waals surface area contributed by atoms with E-state index in [1.54, 1.807) is 24.5 Å². The largest absolute Gasteiger partial charge is 0.490 e. The van der Waals surface area contributed by atoms with Crippen LogP contribution >= 0.6 is 12.4 Å². The van der Waals surface area contributed by atoms with Crippen LogP contribution in [0.5, 0.6) is 5.75 Å². The maximum atomic E-state index is 15.0. The first kappa shape index (κ1) is 42.6. The highest BCUT2D eigenvalue weighted by Gasteiger charge is 2.35. The molecule has 0 atom stereocenters. The quantitative estimate of drug-likeness (QED) is 0.181. The van der Waals surface area contributed by atoms with Crippen LogP contribution in [0.25, 0.3) is 10.9 Å². The summed E-state index contributed by atoms with van der Waals surface area (Å²) in [6.07, 6.45) is 5.94. The Morgan fingerprint density at radius 3 is 2.35 bits per heavy atom. The summed E-state index contributed by atoms with van der Waals surface area (Å²) in [6.45, 7) is 4.57. The number of nitrogens with one attached hydrogen (secondary N) is 2. The Labute approximate surface area is 349 Å². The summed E-state index contributed by atoms with van der Waals surface area (Å²) in [6, 6.07) is 7.37. The molecule has 0 unspecified atom stereocenters. The molecular weight excluding hydrogens is 808 g/mol. The van der Waals surface area contributed by atoms with Gasteiger partial charge in [-0.2, -0.15) is 23.5 Å². The zero-order chi connectivity index (χ0) is 41.3. The van der Waals surface area contributed by atoms with Gasteiger partial charge < -0.3 is 19.9 Å². The first-order valence-electron chi connectivity index (χ1n) is 20.1. The first-order chi connectivity index (χ1) is 28.4. The van der Waals surface area contributed by atoms with E-state index in [0.29, 0.717) is 37.0 Å². The van der Waals surface area contributed by atoms with Crippen molar-refractivity contribution in [1.82, 2.24) is 35.3 Å². The van der Waals surface area contributed by atoms with E-state index in [1.165, 1.54) is 23.2 Å². The Kier molecular flexibility index (Phi) is 12.8. The van der Waals surface area contributed by atoms with Crippen molar-refractivity contribution in [1.29, 1.82) is 5.26 Å². The number of benzene rings is 2. The fourth-order valence-corrected chi connectivity index (χ4v) is 8.79. The van der Waals surface area contributed by atoms with Gasteiger partial charge in [0.05, 0.1) is 59.1 Å². The molecule has 0 radical (unpaired) electrons. The molecule has 5 heterocycles. The molecule has 1 saturated carbocycles. The number of hydrogen-bond acceptors (Lipinski definition) is 10. The number of imide groups is 1. The van der Waals surface area contributed by atoms with Crippen molar-refractivity contribution in [2.75, 3.05) is 49.1 Å². The monoisotopic (exact) mass is 852 g/mol. The molecule has 2 aromatic heterocycles. The molecule has 8 rings (SSSR count). The number of halogens is 5. The van der Waals surface area contributed by atoms with Crippen LogP contribution in [0.2, 0.25) is 0 Å². The lowest BCUT2D eigenvalue weighted by atomic mass is 9.92. The SMILES string of the molecule is Cl.N#Cc1ccc(OC2CCC(NC(=O)c3cnc(N4CCC(CN5CCC(n6ncc7c(N8CCC(=O)NC8=O)c(F)ccc76)CC5)CC4)cn3)CC2)cc1C(F)(F)F. The van der Waals surface area contributed by atoms with Gasteiger partial charge in [-0.05, 0) is 87.6 Å². The second kappa shape index (κ2) is 18.0. The van der Waals surface area contributed by atoms with Crippen LogP contribution in [-0.2, 0) is 11.0 Å². The number of ether oxygens (including phenoxy) is 1. The minimum atomic E-state index is -4.66. The molecule has 3 aliphatic heterocycles. The maximum Gasteiger partial charge on any atom is 0.417 e. The van der Waals surface area contributed by atoms with Gasteiger partial charge in [0.2, 0.25) is 5.91 Å². The molecule has 4 fully saturated rings. The second-order valence-corrected chi connectivity index (χ2v) is 15.8. The number of anilines is 2. The van der Waals surface area contributed by atoms with Crippen molar-refractivity contribution in [3.05, 3.63) is 71.6 Å². The smallest absolute Gasteiger partial charge is 0.417 e. The Morgan fingerprint density at radius 1 is 0.933 bits per heavy atom. The number of amides is 4. The highest BCUT2D eigenvalue weighted by molar-refractivity contribution is 6.09. The van der Waals surface area contributed by atoms with Gasteiger partial charge in [0.1, 0.15) is 23.1 Å². The average molecular weight is 853 g/mol. The number of nitrogens with zero attached hydrogens (tertiary/aromatic N) is 8. The van der Waals surface area contributed by atoms with Gasteiger partial charge in [-0.15, -0.1) is 12.4 Å². The summed E-state index contributed by atoms with van der Waals surface area (Å²) in [5.41, 5.74) is -0.350. The number of aromatic nitrogens is 4. The van der Waals surface area contributed by atoms with Gasteiger partial charge in [0, 0.05) is 57.1 Å². The lowest BCUT2D eigenvalue weighted by Gasteiger charge is -2.38. The van der Waals surface area contributed by atoms with Crippen LogP contribution in [0.1, 0.15) is 85.4 Å². The molecule has 318 valence electrons. The molecule has 4 aliphatic rings. The van der Waals surface area contributed by atoms with Crippen LogP contribution < -0.4 is 25.2 Å². The summed E-state index contributed by atoms with van der Waals surface area (Å²) >= 11 is 0. The summed E-state index contributed by atoms with van der Waals surface area (Å²) in [4.78, 5) is 52.1. The summed E-state index contributed by atoms with van der Waals surface area (Å²) < 4.78 is 62.9. The standard InChI is InChI=1S/C41H44F4N10O4.ClH/c42-33-7-8-35-31(38(33)54-18-13-37(56)51-40(54)58)21-49-55(35)28-11-14-52(15-12-28)24-25-9-16-53(17-10-25)36-23-47-34(22-48-36)39(57)50-27-2-5-29(6-3-27)59-30-4-1-26(20-46)32(19-30)41(43,44)45;/h1,4,7-8,19,21-23,25,27-29H,2-3,5-6,9-18,24H2,(H,50,57)(H,51,56,58);1H. The van der Waals surface area contributed by atoms with Crippen molar-refractivity contribution in [3.8, 4) is 11.8 Å². The minimum absolute atomic E-state index is 0. The minimum Gasteiger partial charge on any atom is -0.490 e. The normalized spacial score (nSPS) is 21.0. The van der Waals surface area contributed by atoms with Crippen molar-refractivity contribution in [3.63, 3.8) is 0 Å². The Bertz CT molecular complexity index is 2240. The van der Waals surface area contributed by atoms with Crippen LogP contribution in [0.3, 0.4) is 0 Å². The molecule has 2 N–H and O–H groups in total. The third-order valence-corrected chi connectivity index (χ3v) is 12.0. The van der Waals surface area contributed by atoms with Crippen LogP contribution in [0.4, 0.5) is 33.9 Å². The second-order valence-electron chi connectivity index (χ2n) is 15.8. The first-order valence-corrected chi connectivity index (χ1v) is 20.1. The number of likely N-dealkylation sites (tertiary alicyclic amines) is 1. The van der Waals surface area contributed by atoms with E-state index in [-0.39, 0.29) is 72.5 Å².